The van der Waals surface area contributed by atoms with Gasteiger partial charge in [0.1, 0.15) is 4.32 Å². The van der Waals surface area contributed by atoms with Gasteiger partial charge in [-0.3, -0.25) is 9.69 Å². The van der Waals surface area contributed by atoms with Gasteiger partial charge in [0.25, 0.3) is 5.91 Å². The molecule has 1 heterocycles. The average molecular weight is 348 g/mol. The molecule has 1 amide bonds. The molecule has 1 aromatic carbocycles. The number of rotatable bonds is 5. The molecule has 0 unspecified atom stereocenters. The van der Waals surface area contributed by atoms with Crippen LogP contribution in [0, 0.1) is 12.8 Å². The van der Waals surface area contributed by atoms with Gasteiger partial charge in [-0.2, -0.15) is 0 Å². The van der Waals surface area contributed by atoms with E-state index in [0.717, 1.165) is 22.9 Å². The summed E-state index contributed by atoms with van der Waals surface area (Å²) in [7, 11) is 0. The second-order valence-corrected chi connectivity index (χ2v) is 7.23. The highest BCUT2D eigenvalue weighted by molar-refractivity contribution is 8.26. The van der Waals surface area contributed by atoms with Gasteiger partial charge in [0.05, 0.1) is 16.9 Å². The first-order valence-electron chi connectivity index (χ1n) is 7.40. The number of aryl methyl sites for hydroxylation is 1. The molecule has 1 aromatic rings. The molecule has 0 bridgehead atoms. The highest BCUT2D eigenvalue weighted by Crippen LogP contribution is 2.36. The summed E-state index contributed by atoms with van der Waals surface area (Å²) < 4.78 is 0.268. The van der Waals surface area contributed by atoms with Crippen LogP contribution in [0.2, 0.25) is 0 Å². The molecule has 1 fully saturated rings. The van der Waals surface area contributed by atoms with Gasteiger partial charge >= 0.3 is 0 Å². The molecule has 0 saturated carbocycles. The zero-order valence-corrected chi connectivity index (χ0v) is 14.9. The Morgan fingerprint density at radius 3 is 2.65 bits per heavy atom. The Bertz CT molecular complexity index is 684. The number of hydrogen-bond donors (Lipinski definition) is 0. The third-order valence-electron chi connectivity index (χ3n) is 4.00. The van der Waals surface area contributed by atoms with E-state index < -0.39 is 12.0 Å². The van der Waals surface area contributed by atoms with E-state index in [1.54, 1.807) is 13.0 Å². The summed E-state index contributed by atoms with van der Waals surface area (Å²) >= 11 is 6.38. The molecule has 4 nitrogen and oxygen atoms in total. The van der Waals surface area contributed by atoms with Crippen LogP contribution in [-0.2, 0) is 9.59 Å². The van der Waals surface area contributed by atoms with Gasteiger partial charge in [0, 0.05) is 0 Å². The summed E-state index contributed by atoms with van der Waals surface area (Å²) in [5, 5.41) is 11.5. The Balaban J connectivity index is 2.36. The maximum Gasteiger partial charge on any atom is 0.266 e. The van der Waals surface area contributed by atoms with Crippen LogP contribution < -0.4 is 5.11 Å². The van der Waals surface area contributed by atoms with Crippen LogP contribution in [0.25, 0.3) is 6.08 Å². The Kier molecular flexibility index (Phi) is 5.59. The minimum absolute atomic E-state index is 0.236. The number of thioether (sulfide) groups is 1. The highest BCUT2D eigenvalue weighted by Gasteiger charge is 2.39. The molecule has 1 aliphatic heterocycles. The molecule has 6 heteroatoms. The Morgan fingerprint density at radius 2 is 2.09 bits per heavy atom. The zero-order valence-electron chi connectivity index (χ0n) is 13.2. The van der Waals surface area contributed by atoms with Crippen molar-refractivity contribution < 1.29 is 14.7 Å². The topological polar surface area (TPSA) is 60.4 Å². The summed E-state index contributed by atoms with van der Waals surface area (Å²) in [4.78, 5) is 25.8. The molecule has 1 aliphatic rings. The van der Waals surface area contributed by atoms with E-state index in [4.69, 9.17) is 12.2 Å². The molecule has 2 rings (SSSR count). The largest absolute Gasteiger partial charge is 0.548 e. The van der Waals surface area contributed by atoms with Crippen molar-refractivity contribution in [3.63, 3.8) is 0 Å². The minimum Gasteiger partial charge on any atom is -0.548 e. The number of carbonyl (C=O) groups is 2. The van der Waals surface area contributed by atoms with Crippen molar-refractivity contribution in [2.75, 3.05) is 0 Å². The number of carboxylic acids is 1. The van der Waals surface area contributed by atoms with Crippen LogP contribution in [0.15, 0.2) is 29.2 Å². The SMILES string of the molecule is CC[C@H](C)[C@@H](C(=O)[O-])N1C(=O)/C(=C/c2ccccc2C)SC1=S. The van der Waals surface area contributed by atoms with Gasteiger partial charge in [0.15, 0.2) is 0 Å². The quantitative estimate of drug-likeness (QED) is 0.604. The van der Waals surface area contributed by atoms with Gasteiger partial charge in [-0.15, -0.1) is 0 Å². The number of amides is 1. The first kappa shape index (κ1) is 17.7. The summed E-state index contributed by atoms with van der Waals surface area (Å²) in [6.07, 6.45) is 2.38. The van der Waals surface area contributed by atoms with Gasteiger partial charge in [-0.1, -0.05) is 68.5 Å². The number of aliphatic carboxylic acids is 1. The Morgan fingerprint density at radius 1 is 1.43 bits per heavy atom. The van der Waals surface area contributed by atoms with Gasteiger partial charge in [0.2, 0.25) is 0 Å². The van der Waals surface area contributed by atoms with Crippen molar-refractivity contribution in [1.82, 2.24) is 4.90 Å². The van der Waals surface area contributed by atoms with Crippen LogP contribution in [0.3, 0.4) is 0 Å². The number of benzene rings is 1. The number of thiocarbonyl (C=S) groups is 1. The van der Waals surface area contributed by atoms with Crippen LogP contribution in [-0.4, -0.2) is 27.1 Å². The van der Waals surface area contributed by atoms with Crippen molar-refractivity contribution in [2.45, 2.75) is 33.2 Å². The highest BCUT2D eigenvalue weighted by atomic mass is 32.2. The standard InChI is InChI=1S/C17H19NO3S2/c1-4-10(2)14(16(20)21)18-15(19)13(23-17(18)22)9-12-8-6-5-7-11(12)3/h5-10,14H,4H2,1-3H3,(H,20,21)/p-1/b13-9-/t10-,14-/m0/s1. The van der Waals surface area contributed by atoms with E-state index >= 15 is 0 Å². The molecule has 0 N–H and O–H groups in total. The first-order valence-corrected chi connectivity index (χ1v) is 8.62. The predicted octanol–water partition coefficient (Wildman–Crippen LogP) is 2.36. The van der Waals surface area contributed by atoms with E-state index in [9.17, 15) is 14.7 Å². The molecule has 0 radical (unpaired) electrons. The summed E-state index contributed by atoms with van der Waals surface area (Å²) in [6, 6.07) is 6.65. The zero-order chi connectivity index (χ0) is 17.1. The monoisotopic (exact) mass is 348 g/mol. The van der Waals surface area contributed by atoms with Crippen LogP contribution in [0.5, 0.6) is 0 Å². The maximum absolute atomic E-state index is 12.7. The van der Waals surface area contributed by atoms with Crippen LogP contribution >= 0.6 is 24.0 Å². The third-order valence-corrected chi connectivity index (χ3v) is 5.33. The summed E-state index contributed by atoms with van der Waals surface area (Å²) in [6.45, 7) is 5.61. The van der Waals surface area contributed by atoms with E-state index in [2.05, 4.69) is 0 Å². The molecule has 0 spiro atoms. The Labute approximate surface area is 145 Å². The molecule has 1 saturated heterocycles. The van der Waals surface area contributed by atoms with Gasteiger partial charge in [-0.25, -0.2) is 0 Å². The van der Waals surface area contributed by atoms with Crippen molar-refractivity contribution in [3.05, 3.63) is 40.3 Å². The number of nitrogens with zero attached hydrogens (tertiary/aromatic N) is 1. The molecule has 122 valence electrons. The molecular formula is C17H18NO3S2-. The van der Waals surface area contributed by atoms with E-state index in [-0.39, 0.29) is 16.1 Å². The number of carbonyl (C=O) groups excluding carboxylic acids is 2. The van der Waals surface area contributed by atoms with Gasteiger partial charge < -0.3 is 9.90 Å². The second-order valence-electron chi connectivity index (χ2n) is 5.56. The lowest BCUT2D eigenvalue weighted by Gasteiger charge is -2.32. The molecular weight excluding hydrogens is 330 g/mol. The lowest BCUT2D eigenvalue weighted by molar-refractivity contribution is -0.311. The number of carboxylic acid groups (broad SMARTS) is 1. The lowest BCUT2D eigenvalue weighted by atomic mass is 9.98. The predicted molar refractivity (Wildman–Crippen MR) is 94.4 cm³/mol. The smallest absolute Gasteiger partial charge is 0.266 e. The summed E-state index contributed by atoms with van der Waals surface area (Å²) in [5.41, 5.74) is 1.96. The summed E-state index contributed by atoms with van der Waals surface area (Å²) in [5.74, 6) is -1.87. The molecule has 0 aliphatic carbocycles. The third kappa shape index (κ3) is 3.64. The van der Waals surface area contributed by atoms with Crippen LogP contribution in [0.1, 0.15) is 31.4 Å². The fraction of sp³-hybridized carbons (Fsp3) is 0.353. The van der Waals surface area contributed by atoms with E-state index in [0.29, 0.717) is 11.3 Å². The van der Waals surface area contributed by atoms with E-state index in [1.807, 2.05) is 38.1 Å². The van der Waals surface area contributed by atoms with Crippen molar-refractivity contribution in [3.8, 4) is 0 Å². The first-order chi connectivity index (χ1) is 10.9. The fourth-order valence-corrected chi connectivity index (χ4v) is 3.75. The minimum atomic E-state index is -1.27. The van der Waals surface area contributed by atoms with Crippen molar-refractivity contribution in [2.24, 2.45) is 5.92 Å². The van der Waals surface area contributed by atoms with E-state index in [1.165, 1.54) is 4.90 Å². The lowest BCUT2D eigenvalue weighted by Crippen LogP contribution is -2.53. The average Bonchev–Trinajstić information content (AvgIpc) is 2.77. The Hall–Kier alpha value is -1.66. The normalized spacial score (nSPS) is 19.3. The molecule has 23 heavy (non-hydrogen) atoms. The molecule has 0 aromatic heterocycles. The molecule has 2 atom stereocenters. The van der Waals surface area contributed by atoms with Crippen molar-refractivity contribution >= 4 is 46.3 Å². The van der Waals surface area contributed by atoms with Gasteiger partial charge in [-0.05, 0) is 30.0 Å². The van der Waals surface area contributed by atoms with Crippen LogP contribution in [0.4, 0.5) is 0 Å². The number of hydrogen-bond acceptors (Lipinski definition) is 5. The second kappa shape index (κ2) is 7.27. The maximum atomic E-state index is 12.7. The fourth-order valence-electron chi connectivity index (χ4n) is 2.43. The van der Waals surface area contributed by atoms with Crippen molar-refractivity contribution in [1.29, 1.82) is 0 Å².